The third-order valence-electron chi connectivity index (χ3n) is 24.3. The molecule has 0 amide bonds. The van der Waals surface area contributed by atoms with Crippen molar-refractivity contribution in [3.05, 3.63) is 23.3 Å². The summed E-state index contributed by atoms with van der Waals surface area (Å²) in [6.45, 7) is 35.7. The summed E-state index contributed by atoms with van der Waals surface area (Å²) >= 11 is 0. The molecule has 0 radical (unpaired) electrons. The van der Waals surface area contributed by atoms with Gasteiger partial charge in [-0.3, -0.25) is 4.90 Å². The van der Waals surface area contributed by atoms with E-state index in [0.29, 0.717) is 21.7 Å². The molecule has 0 unspecified atom stereocenters. The molecule has 6 nitrogen and oxygen atoms in total. The van der Waals surface area contributed by atoms with Crippen molar-refractivity contribution in [3.63, 3.8) is 0 Å². The van der Waals surface area contributed by atoms with E-state index in [1.807, 2.05) is 11.1 Å². The van der Waals surface area contributed by atoms with Gasteiger partial charge in [0.05, 0.1) is 26.4 Å². The molecular formula is C67H119N3O3. The fourth-order valence-corrected chi connectivity index (χ4v) is 20.0. The molecule has 8 rings (SSSR count). The third kappa shape index (κ3) is 13.5. The molecule has 0 aromatic carbocycles. The molecule has 0 heterocycles. The number of ether oxygens (including phenoxy) is 2. The lowest BCUT2D eigenvalue weighted by atomic mass is 9.46. The molecular weight excluding hydrogens is 895 g/mol. The van der Waals surface area contributed by atoms with Crippen LogP contribution in [-0.2, 0) is 9.47 Å². The maximum Gasteiger partial charge on any atom is 0.0594 e. The molecule has 6 heteroatoms. The second kappa shape index (κ2) is 26.5. The molecule has 0 aliphatic heterocycles. The van der Waals surface area contributed by atoms with Gasteiger partial charge in [-0.25, -0.2) is 0 Å². The second-order valence-electron chi connectivity index (χ2n) is 29.3. The zero-order chi connectivity index (χ0) is 51.8. The standard InChI is InChI=1S/C67H119N3O3/c1-48(2)14-11-16-50(5)58-22-24-60-56-20-18-54-44-52(26-30-64(54,7)62(56)28-32-66(58,60)9)46-68-34-40-72-42-37-70(36-13-39-71)38-43-73-41-35-69-47-53-27-31-65(8)55(45-53)19-21-57-61-25-23-59(51(6)17-12-15-49(3)4)67(61,10)33-29-63(57)65/h18-19,48-53,56-63,68-69,71H,11-17,20-47H2,1-10H3/t50-,51+,52-,53-,56+,57-,58+,59-,60+,61-,62+,63-,64+,65-,66-,67+/m1/s1. The summed E-state index contributed by atoms with van der Waals surface area (Å²) in [4.78, 5) is 2.42. The summed E-state index contributed by atoms with van der Waals surface area (Å²) in [6.07, 6.45) is 37.6. The Hall–Kier alpha value is -0.760. The van der Waals surface area contributed by atoms with Crippen LogP contribution in [0.5, 0.6) is 0 Å². The highest BCUT2D eigenvalue weighted by Crippen LogP contribution is 2.69. The van der Waals surface area contributed by atoms with E-state index >= 15 is 0 Å². The van der Waals surface area contributed by atoms with Gasteiger partial charge in [0.25, 0.3) is 0 Å². The van der Waals surface area contributed by atoms with Gasteiger partial charge in [-0.1, -0.05) is 131 Å². The first-order valence-corrected chi connectivity index (χ1v) is 32.4. The molecule has 0 saturated heterocycles. The van der Waals surface area contributed by atoms with E-state index in [0.717, 1.165) is 162 Å². The third-order valence-corrected chi connectivity index (χ3v) is 24.3. The Morgan fingerprint density at radius 2 is 0.986 bits per heavy atom. The van der Waals surface area contributed by atoms with Crippen LogP contribution in [0.4, 0.5) is 0 Å². The van der Waals surface area contributed by atoms with E-state index in [2.05, 4.69) is 96.9 Å². The average Bonchev–Trinajstić information content (AvgIpc) is 3.91. The van der Waals surface area contributed by atoms with Crippen LogP contribution >= 0.6 is 0 Å². The van der Waals surface area contributed by atoms with Crippen LogP contribution in [0.1, 0.15) is 217 Å². The van der Waals surface area contributed by atoms with Crippen molar-refractivity contribution >= 4 is 0 Å². The number of rotatable bonds is 29. The van der Waals surface area contributed by atoms with Crippen LogP contribution in [0, 0.1) is 105 Å². The Labute approximate surface area is 451 Å². The zero-order valence-electron chi connectivity index (χ0n) is 49.7. The molecule has 8 aliphatic carbocycles. The van der Waals surface area contributed by atoms with Crippen molar-refractivity contribution in [2.24, 2.45) is 105 Å². The monoisotopic (exact) mass is 1010 g/mol. The van der Waals surface area contributed by atoms with Crippen molar-refractivity contribution in [1.82, 2.24) is 15.5 Å². The van der Waals surface area contributed by atoms with Crippen molar-refractivity contribution in [3.8, 4) is 0 Å². The number of hydrogen-bond donors (Lipinski definition) is 3. The molecule has 0 spiro atoms. The highest BCUT2D eigenvalue weighted by atomic mass is 16.5. The van der Waals surface area contributed by atoms with E-state index in [9.17, 15) is 5.11 Å². The zero-order valence-corrected chi connectivity index (χ0v) is 49.7. The van der Waals surface area contributed by atoms with E-state index in [-0.39, 0.29) is 6.61 Å². The highest BCUT2D eigenvalue weighted by molar-refractivity contribution is 5.27. The lowest BCUT2D eigenvalue weighted by Gasteiger charge is -2.58. The van der Waals surface area contributed by atoms with Crippen LogP contribution in [-0.4, -0.2) is 88.9 Å². The van der Waals surface area contributed by atoms with E-state index in [1.54, 1.807) is 0 Å². The summed E-state index contributed by atoms with van der Waals surface area (Å²) in [7, 11) is 0. The summed E-state index contributed by atoms with van der Waals surface area (Å²) in [5, 5.41) is 17.2. The number of nitrogens with zero attached hydrogens (tertiary/aromatic N) is 1. The lowest BCUT2D eigenvalue weighted by Crippen LogP contribution is -2.50. The minimum Gasteiger partial charge on any atom is -0.396 e. The minimum absolute atomic E-state index is 0.236. The van der Waals surface area contributed by atoms with E-state index < -0.39 is 0 Å². The number of allylic oxidation sites excluding steroid dienone is 4. The van der Waals surface area contributed by atoms with Crippen molar-refractivity contribution in [2.75, 3.05) is 78.8 Å². The van der Waals surface area contributed by atoms with Crippen molar-refractivity contribution < 1.29 is 14.6 Å². The molecule has 0 aromatic heterocycles. The quantitative estimate of drug-likeness (QED) is 0.0513. The first-order chi connectivity index (χ1) is 35.1. The smallest absolute Gasteiger partial charge is 0.0594 e. The van der Waals surface area contributed by atoms with E-state index in [1.165, 1.54) is 141 Å². The van der Waals surface area contributed by atoms with Gasteiger partial charge in [0.15, 0.2) is 0 Å². The topological polar surface area (TPSA) is 66.0 Å². The SMILES string of the molecule is CC(C)CCC[C@@H](C)[C@@H]1CC[C@H]2[C@@H]3CC=C4C[C@H](CNCCOCCN(CCCO)CCOCCNC[C@@H]5CC[C@]6(C)C(=CC[C@@H]7[C@H]8CC[C@H]([C@@H](C)CCCC(C)C)[C@]8(C)CC[C@H]76)C5)CC[C@]4(C)[C@H]3CC[C@@]21C. The first-order valence-electron chi connectivity index (χ1n) is 32.4. The van der Waals surface area contributed by atoms with Crippen LogP contribution in [0.15, 0.2) is 23.3 Å². The normalized spacial score (nSPS) is 38.8. The minimum atomic E-state index is 0.236. The lowest BCUT2D eigenvalue weighted by molar-refractivity contribution is -0.0527. The Balaban J connectivity index is 0.670. The van der Waals surface area contributed by atoms with Crippen LogP contribution in [0.2, 0.25) is 0 Å². The second-order valence-corrected chi connectivity index (χ2v) is 29.3. The first kappa shape index (κ1) is 58.4. The number of fused-ring (bicyclic) bond motifs is 10. The van der Waals surface area contributed by atoms with Crippen LogP contribution in [0.3, 0.4) is 0 Å². The van der Waals surface area contributed by atoms with Gasteiger partial charge >= 0.3 is 0 Å². The average molecular weight is 1010 g/mol. The number of hydrogen-bond acceptors (Lipinski definition) is 6. The Bertz CT molecular complexity index is 1620. The number of aliphatic hydroxyl groups excluding tert-OH is 1. The fourth-order valence-electron chi connectivity index (χ4n) is 20.0. The van der Waals surface area contributed by atoms with Gasteiger partial charge in [0, 0.05) is 39.3 Å². The van der Waals surface area contributed by atoms with Gasteiger partial charge in [-0.05, 0) is 227 Å². The summed E-state index contributed by atoms with van der Waals surface area (Å²) in [6, 6.07) is 0. The predicted molar refractivity (Wildman–Crippen MR) is 309 cm³/mol. The van der Waals surface area contributed by atoms with Gasteiger partial charge in [-0.15, -0.1) is 0 Å². The fraction of sp³-hybridized carbons (Fsp3) is 0.940. The molecule has 420 valence electrons. The largest absolute Gasteiger partial charge is 0.396 e. The van der Waals surface area contributed by atoms with Crippen molar-refractivity contribution in [2.45, 2.75) is 217 Å². The summed E-state index contributed by atoms with van der Waals surface area (Å²) in [5.41, 5.74) is 5.69. The maximum absolute atomic E-state index is 9.62. The molecule has 0 bridgehead atoms. The van der Waals surface area contributed by atoms with Crippen LogP contribution < -0.4 is 10.6 Å². The summed E-state index contributed by atoms with van der Waals surface area (Å²) < 4.78 is 12.4. The number of aliphatic hydroxyl groups is 1. The highest BCUT2D eigenvalue weighted by Gasteiger charge is 2.61. The Morgan fingerprint density at radius 3 is 1.41 bits per heavy atom. The van der Waals surface area contributed by atoms with E-state index in [4.69, 9.17) is 9.47 Å². The summed E-state index contributed by atoms with van der Waals surface area (Å²) in [5.74, 6) is 12.4. The Kier molecular flexibility index (Phi) is 21.2. The van der Waals surface area contributed by atoms with Gasteiger partial charge < -0.3 is 25.2 Å². The molecule has 73 heavy (non-hydrogen) atoms. The molecule has 3 N–H and O–H groups in total. The number of nitrogens with one attached hydrogen (secondary N) is 2. The molecule has 8 aliphatic rings. The maximum atomic E-state index is 9.62. The molecule has 6 saturated carbocycles. The molecule has 6 fully saturated rings. The van der Waals surface area contributed by atoms with Crippen molar-refractivity contribution in [1.29, 1.82) is 0 Å². The molecule has 0 aromatic rings. The van der Waals surface area contributed by atoms with Crippen LogP contribution in [0.25, 0.3) is 0 Å². The van der Waals surface area contributed by atoms with Gasteiger partial charge in [-0.2, -0.15) is 0 Å². The predicted octanol–water partition coefficient (Wildman–Crippen LogP) is 15.2. The Morgan fingerprint density at radius 1 is 0.534 bits per heavy atom. The van der Waals surface area contributed by atoms with Gasteiger partial charge in [0.1, 0.15) is 0 Å². The van der Waals surface area contributed by atoms with Gasteiger partial charge in [0.2, 0.25) is 0 Å². The molecule has 16 atom stereocenters.